The number of hydrogen-bond acceptors (Lipinski definition) is 6. The van der Waals surface area contributed by atoms with Crippen LogP contribution in [-0.2, 0) is 4.79 Å². The van der Waals surface area contributed by atoms with Gasteiger partial charge in [-0.05, 0) is 19.0 Å². The fraction of sp³-hybridized carbons (Fsp3) is 0.455. The van der Waals surface area contributed by atoms with Crippen molar-refractivity contribution in [3.63, 3.8) is 0 Å². The number of nitrogens with zero attached hydrogens (tertiary/aromatic N) is 2. The van der Waals surface area contributed by atoms with Crippen molar-refractivity contribution in [2.75, 3.05) is 13.1 Å². The summed E-state index contributed by atoms with van der Waals surface area (Å²) in [6, 6.07) is 2.61. The molecule has 8 nitrogen and oxygen atoms in total. The third-order valence-electron chi connectivity index (χ3n) is 2.17. The molecular weight excluding hydrogens is 252 g/mol. The molecule has 19 heavy (non-hydrogen) atoms. The van der Waals surface area contributed by atoms with Crippen molar-refractivity contribution in [2.24, 2.45) is 5.10 Å². The smallest absolute Gasteiger partial charge is 0.400 e. The first-order chi connectivity index (χ1) is 9.13. The number of hydrogen-bond donors (Lipinski definition) is 2. The predicted molar refractivity (Wildman–Crippen MR) is 68.9 cm³/mol. The molecule has 1 rings (SSSR count). The Morgan fingerprint density at radius 2 is 2.37 bits per heavy atom. The van der Waals surface area contributed by atoms with Gasteiger partial charge in [-0.15, -0.1) is 0 Å². The largest absolute Gasteiger partial charge is 0.433 e. The summed E-state index contributed by atoms with van der Waals surface area (Å²) in [6.45, 7) is 3.02. The van der Waals surface area contributed by atoms with Crippen LogP contribution in [0, 0.1) is 10.1 Å². The Labute approximate surface area is 110 Å². The summed E-state index contributed by atoms with van der Waals surface area (Å²) >= 11 is 0. The van der Waals surface area contributed by atoms with Crippen LogP contribution >= 0.6 is 0 Å². The van der Waals surface area contributed by atoms with Gasteiger partial charge < -0.3 is 9.73 Å². The summed E-state index contributed by atoms with van der Waals surface area (Å²) in [7, 11) is 0. The molecule has 0 radical (unpaired) electrons. The number of carbonyl (C=O) groups is 1. The molecule has 0 unspecified atom stereocenters. The van der Waals surface area contributed by atoms with Gasteiger partial charge in [-0.1, -0.05) is 13.3 Å². The van der Waals surface area contributed by atoms with Crippen molar-refractivity contribution >= 4 is 18.0 Å². The first-order valence-corrected chi connectivity index (χ1v) is 5.90. The molecule has 0 spiro atoms. The van der Waals surface area contributed by atoms with E-state index in [-0.39, 0.29) is 24.1 Å². The average molecular weight is 268 g/mol. The lowest BCUT2D eigenvalue weighted by Crippen LogP contribution is -2.31. The van der Waals surface area contributed by atoms with Gasteiger partial charge in [-0.25, -0.2) is 5.43 Å². The van der Waals surface area contributed by atoms with Crippen LogP contribution in [0.2, 0.25) is 0 Å². The Balaban J connectivity index is 2.28. The van der Waals surface area contributed by atoms with Crippen LogP contribution in [0.25, 0.3) is 0 Å². The summed E-state index contributed by atoms with van der Waals surface area (Å²) in [5, 5.41) is 16.9. The lowest BCUT2D eigenvalue weighted by molar-refractivity contribution is -0.402. The van der Waals surface area contributed by atoms with Crippen LogP contribution in [0.5, 0.6) is 0 Å². The van der Waals surface area contributed by atoms with E-state index in [1.165, 1.54) is 18.3 Å². The molecule has 1 aromatic heterocycles. The zero-order valence-electron chi connectivity index (χ0n) is 10.6. The molecule has 2 N–H and O–H groups in total. The Morgan fingerprint density at radius 3 is 3.00 bits per heavy atom. The second-order valence-corrected chi connectivity index (χ2v) is 3.76. The first-order valence-electron chi connectivity index (χ1n) is 5.90. The summed E-state index contributed by atoms with van der Waals surface area (Å²) in [5.74, 6) is -0.451. The van der Waals surface area contributed by atoms with Crippen molar-refractivity contribution < 1.29 is 14.1 Å². The van der Waals surface area contributed by atoms with Crippen molar-refractivity contribution in [3.05, 3.63) is 28.0 Å². The molecule has 0 aromatic carbocycles. The molecule has 0 bridgehead atoms. The van der Waals surface area contributed by atoms with E-state index in [0.717, 1.165) is 19.4 Å². The van der Waals surface area contributed by atoms with Crippen molar-refractivity contribution in [2.45, 2.75) is 19.8 Å². The maximum absolute atomic E-state index is 11.3. The molecule has 1 amide bonds. The van der Waals surface area contributed by atoms with E-state index in [1.807, 2.05) is 0 Å². The van der Waals surface area contributed by atoms with Crippen LogP contribution < -0.4 is 10.7 Å². The van der Waals surface area contributed by atoms with Crippen LogP contribution in [0.4, 0.5) is 5.88 Å². The molecule has 0 saturated heterocycles. The van der Waals surface area contributed by atoms with E-state index in [4.69, 9.17) is 4.42 Å². The normalized spacial score (nSPS) is 10.8. The van der Waals surface area contributed by atoms with Gasteiger partial charge in [0, 0.05) is 0 Å². The molecule has 1 heterocycles. The van der Waals surface area contributed by atoms with Gasteiger partial charge in [0.15, 0.2) is 5.76 Å². The molecule has 0 atom stereocenters. The highest BCUT2D eigenvalue weighted by Gasteiger charge is 2.10. The zero-order valence-corrected chi connectivity index (χ0v) is 10.6. The Kier molecular flexibility index (Phi) is 6.23. The van der Waals surface area contributed by atoms with Gasteiger partial charge in [0.1, 0.15) is 4.92 Å². The number of carbonyl (C=O) groups excluding carboxylic acids is 1. The quantitative estimate of drug-likeness (QED) is 0.316. The number of furan rings is 1. The minimum atomic E-state index is -0.645. The Morgan fingerprint density at radius 1 is 1.58 bits per heavy atom. The fourth-order valence-corrected chi connectivity index (χ4v) is 1.22. The molecule has 8 heteroatoms. The highest BCUT2D eigenvalue weighted by molar-refractivity contribution is 5.81. The highest BCUT2D eigenvalue weighted by atomic mass is 16.6. The third-order valence-corrected chi connectivity index (χ3v) is 2.17. The lowest BCUT2D eigenvalue weighted by atomic mass is 10.3. The molecule has 0 fully saturated rings. The van der Waals surface area contributed by atoms with Crippen molar-refractivity contribution in [1.29, 1.82) is 0 Å². The lowest BCUT2D eigenvalue weighted by Gasteiger charge is -2.01. The molecule has 104 valence electrons. The van der Waals surface area contributed by atoms with E-state index >= 15 is 0 Å². The minimum Gasteiger partial charge on any atom is -0.400 e. The van der Waals surface area contributed by atoms with Gasteiger partial charge in [0.25, 0.3) is 5.91 Å². The molecule has 0 aliphatic heterocycles. The van der Waals surface area contributed by atoms with Crippen LogP contribution in [0.1, 0.15) is 25.5 Å². The average Bonchev–Trinajstić information content (AvgIpc) is 2.84. The predicted octanol–water partition coefficient (Wildman–Crippen LogP) is 1.03. The number of nitro groups is 1. The summed E-state index contributed by atoms with van der Waals surface area (Å²) in [5.41, 5.74) is 2.28. The van der Waals surface area contributed by atoms with E-state index in [1.54, 1.807) is 0 Å². The topological polar surface area (TPSA) is 110 Å². The fourth-order valence-electron chi connectivity index (χ4n) is 1.22. The minimum absolute atomic E-state index is 0.176. The number of rotatable bonds is 8. The van der Waals surface area contributed by atoms with Crippen LogP contribution in [0.15, 0.2) is 21.7 Å². The van der Waals surface area contributed by atoms with Crippen molar-refractivity contribution in [3.8, 4) is 0 Å². The van der Waals surface area contributed by atoms with E-state index in [0.29, 0.717) is 0 Å². The van der Waals surface area contributed by atoms with Gasteiger partial charge in [-0.3, -0.25) is 14.9 Å². The van der Waals surface area contributed by atoms with Crippen LogP contribution in [0.3, 0.4) is 0 Å². The molecule has 0 saturated carbocycles. The monoisotopic (exact) mass is 268 g/mol. The number of amides is 1. The van der Waals surface area contributed by atoms with Gasteiger partial charge in [-0.2, -0.15) is 5.10 Å². The maximum atomic E-state index is 11.3. The third kappa shape index (κ3) is 5.77. The Bertz CT molecular complexity index is 455. The standard InChI is InChI=1S/C11H16N4O4/c1-2-3-6-12-8-10(16)14-13-7-9-4-5-11(19-9)15(17)18/h4-5,7,12H,2-3,6,8H2,1H3,(H,14,16)/b13-7+. The Hall–Kier alpha value is -2.22. The van der Waals surface area contributed by atoms with Gasteiger partial charge in [0.05, 0.1) is 18.8 Å². The first kappa shape index (κ1) is 14.8. The molecule has 0 aliphatic rings. The van der Waals surface area contributed by atoms with Gasteiger partial charge in [0.2, 0.25) is 0 Å². The molecule has 1 aromatic rings. The highest BCUT2D eigenvalue weighted by Crippen LogP contribution is 2.13. The molecule has 0 aliphatic carbocycles. The summed E-state index contributed by atoms with van der Waals surface area (Å²) in [6.07, 6.45) is 3.27. The van der Waals surface area contributed by atoms with Gasteiger partial charge >= 0.3 is 5.88 Å². The van der Waals surface area contributed by atoms with Crippen LogP contribution in [-0.4, -0.2) is 30.1 Å². The second kappa shape index (κ2) is 7.98. The summed E-state index contributed by atoms with van der Waals surface area (Å²) < 4.78 is 4.82. The van der Waals surface area contributed by atoms with E-state index in [2.05, 4.69) is 22.8 Å². The summed E-state index contributed by atoms with van der Waals surface area (Å²) in [4.78, 5) is 21.0. The second-order valence-electron chi connectivity index (χ2n) is 3.76. The van der Waals surface area contributed by atoms with Crippen molar-refractivity contribution in [1.82, 2.24) is 10.7 Å². The number of hydrazone groups is 1. The number of nitrogens with one attached hydrogen (secondary N) is 2. The number of unbranched alkanes of at least 4 members (excludes halogenated alkanes) is 1. The zero-order chi connectivity index (χ0) is 14.1. The van der Waals surface area contributed by atoms with E-state index < -0.39 is 4.92 Å². The molecular formula is C11H16N4O4. The SMILES string of the molecule is CCCCNCC(=O)N/N=C/c1ccc([N+](=O)[O-])o1. The van der Waals surface area contributed by atoms with E-state index in [9.17, 15) is 14.9 Å². The maximum Gasteiger partial charge on any atom is 0.433 e.